The molecule has 3 aromatic rings. The zero-order valence-corrected chi connectivity index (χ0v) is 21.0. The molecule has 1 aliphatic rings. The zero-order chi connectivity index (χ0) is 25.5. The minimum atomic E-state index is -4.48. The van der Waals surface area contributed by atoms with E-state index in [2.05, 4.69) is 4.98 Å². The third-order valence-electron chi connectivity index (χ3n) is 6.26. The predicted molar refractivity (Wildman–Crippen MR) is 128 cm³/mol. The van der Waals surface area contributed by atoms with E-state index in [1.165, 1.54) is 11.3 Å². The second-order valence-electron chi connectivity index (χ2n) is 8.91. The highest BCUT2D eigenvalue weighted by molar-refractivity contribution is 7.15. The first-order chi connectivity index (χ1) is 16.5. The maximum atomic E-state index is 13.4. The van der Waals surface area contributed by atoms with Gasteiger partial charge in [0.1, 0.15) is 11.1 Å². The Morgan fingerprint density at radius 1 is 1.17 bits per heavy atom. The monoisotopic (exact) mass is 504 g/mol. The van der Waals surface area contributed by atoms with Gasteiger partial charge in [-0.1, -0.05) is 35.4 Å². The summed E-state index contributed by atoms with van der Waals surface area (Å²) in [5.41, 5.74) is 2.86. The van der Waals surface area contributed by atoms with Crippen LogP contribution < -0.4 is 0 Å². The Hall–Kier alpha value is -2.91. The number of amides is 1. The van der Waals surface area contributed by atoms with E-state index in [9.17, 15) is 18.0 Å². The summed E-state index contributed by atoms with van der Waals surface area (Å²) < 4.78 is 51.1. The zero-order valence-electron chi connectivity index (χ0n) is 20.1. The summed E-state index contributed by atoms with van der Waals surface area (Å²) in [5, 5.41) is 0.809. The predicted octanol–water partition coefficient (Wildman–Crippen LogP) is 7.24. The van der Waals surface area contributed by atoms with Crippen molar-refractivity contribution in [3.05, 3.63) is 75.3 Å². The number of carbonyl (C=O) groups is 1. The van der Waals surface area contributed by atoms with Gasteiger partial charge in [0.05, 0.1) is 29.1 Å². The molecule has 0 bridgehead atoms. The summed E-state index contributed by atoms with van der Waals surface area (Å²) in [4.78, 5) is 20.0. The van der Waals surface area contributed by atoms with Crippen molar-refractivity contribution >= 4 is 17.4 Å². The first kappa shape index (κ1) is 25.2. The van der Waals surface area contributed by atoms with Crippen molar-refractivity contribution in [1.82, 2.24) is 9.88 Å². The van der Waals surface area contributed by atoms with Gasteiger partial charge in [-0.25, -0.2) is 9.78 Å². The van der Waals surface area contributed by atoms with Gasteiger partial charge in [0, 0.05) is 18.9 Å². The number of aromatic nitrogens is 1. The fourth-order valence-corrected chi connectivity index (χ4v) is 5.27. The van der Waals surface area contributed by atoms with Crippen LogP contribution in [0.3, 0.4) is 0 Å². The van der Waals surface area contributed by atoms with E-state index in [0.29, 0.717) is 11.1 Å². The molecule has 1 amide bonds. The quantitative estimate of drug-likeness (QED) is 0.355. The number of benzene rings is 2. The lowest BCUT2D eigenvalue weighted by atomic mass is 9.97. The number of hydrogen-bond acceptors (Lipinski definition) is 5. The lowest BCUT2D eigenvalue weighted by Crippen LogP contribution is -2.31. The van der Waals surface area contributed by atoms with Gasteiger partial charge >= 0.3 is 12.3 Å². The molecule has 2 aromatic carbocycles. The number of alkyl halides is 3. The van der Waals surface area contributed by atoms with Gasteiger partial charge in [0.25, 0.3) is 0 Å². The molecule has 9 heteroatoms. The van der Waals surface area contributed by atoms with E-state index >= 15 is 0 Å². The van der Waals surface area contributed by atoms with Crippen molar-refractivity contribution < 1.29 is 27.4 Å². The van der Waals surface area contributed by atoms with E-state index in [4.69, 9.17) is 9.47 Å². The van der Waals surface area contributed by atoms with Crippen LogP contribution in [0.2, 0.25) is 0 Å². The molecule has 0 saturated carbocycles. The number of thiazole rings is 1. The molecular formula is C26H27F3N2O3S. The largest absolute Gasteiger partial charge is 0.439 e. The average molecular weight is 505 g/mol. The normalized spacial score (nSPS) is 19.2. The summed E-state index contributed by atoms with van der Waals surface area (Å²) in [7, 11) is 1.64. The molecule has 1 fully saturated rings. The topological polar surface area (TPSA) is 51.7 Å². The molecule has 0 aliphatic carbocycles. The van der Waals surface area contributed by atoms with Gasteiger partial charge in [-0.3, -0.25) is 4.90 Å². The van der Waals surface area contributed by atoms with Crippen LogP contribution in [0.5, 0.6) is 0 Å². The van der Waals surface area contributed by atoms with Gasteiger partial charge in [-0.15, -0.1) is 11.3 Å². The molecule has 0 radical (unpaired) electrons. The Morgan fingerprint density at radius 3 is 2.60 bits per heavy atom. The van der Waals surface area contributed by atoms with Crippen LogP contribution in [0.4, 0.5) is 18.0 Å². The third kappa shape index (κ3) is 5.21. The molecule has 0 N–H and O–H groups in total. The van der Waals surface area contributed by atoms with E-state index in [-0.39, 0.29) is 12.6 Å². The van der Waals surface area contributed by atoms with Crippen LogP contribution in [-0.2, 0) is 22.2 Å². The molecule has 1 aromatic heterocycles. The summed E-state index contributed by atoms with van der Waals surface area (Å²) in [6.07, 6.45) is -4.13. The van der Waals surface area contributed by atoms with Gasteiger partial charge in [0.15, 0.2) is 0 Å². The Morgan fingerprint density at radius 2 is 1.91 bits per heavy atom. The van der Waals surface area contributed by atoms with Crippen LogP contribution in [0.1, 0.15) is 58.7 Å². The summed E-state index contributed by atoms with van der Waals surface area (Å²) >= 11 is 1.52. The molecule has 3 atom stereocenters. The second kappa shape index (κ2) is 9.62. The number of aryl methyl sites for hydroxylation is 2. The van der Waals surface area contributed by atoms with E-state index in [0.717, 1.165) is 38.7 Å². The Balaban J connectivity index is 1.64. The van der Waals surface area contributed by atoms with Crippen molar-refractivity contribution in [2.24, 2.45) is 0 Å². The Bertz CT molecular complexity index is 1240. The van der Waals surface area contributed by atoms with Crippen LogP contribution in [0, 0.1) is 13.8 Å². The number of halogens is 3. The number of hydrogen-bond donors (Lipinski definition) is 0. The van der Waals surface area contributed by atoms with E-state index in [1.807, 2.05) is 32.0 Å². The maximum Gasteiger partial charge on any atom is 0.416 e. The fraction of sp³-hybridized carbons (Fsp3) is 0.385. The number of rotatable bonds is 6. The summed E-state index contributed by atoms with van der Waals surface area (Å²) in [6, 6.07) is 9.30. The number of methoxy groups -OCH3 is 1. The number of nitrogens with zero attached hydrogens (tertiary/aromatic N) is 2. The van der Waals surface area contributed by atoms with Gasteiger partial charge < -0.3 is 9.47 Å². The van der Waals surface area contributed by atoms with Crippen LogP contribution >= 0.6 is 11.3 Å². The van der Waals surface area contributed by atoms with Crippen LogP contribution in [0.25, 0.3) is 10.6 Å². The number of cyclic esters (lactones) is 1. The van der Waals surface area contributed by atoms with E-state index in [1.54, 1.807) is 38.1 Å². The molecular weight excluding hydrogens is 477 g/mol. The minimum absolute atomic E-state index is 0.0830. The van der Waals surface area contributed by atoms with Crippen LogP contribution in [-0.4, -0.2) is 29.1 Å². The van der Waals surface area contributed by atoms with Gasteiger partial charge in [-0.05, 0) is 51.0 Å². The molecule has 0 spiro atoms. The molecule has 1 saturated heterocycles. The van der Waals surface area contributed by atoms with Gasteiger partial charge in [-0.2, -0.15) is 13.2 Å². The number of carbonyl (C=O) groups excluding carboxylic acids is 1. The highest BCUT2D eigenvalue weighted by Gasteiger charge is 2.41. The first-order valence-electron chi connectivity index (χ1n) is 11.2. The number of ether oxygens (including phenoxy) is 2. The molecule has 1 aliphatic heterocycles. The first-order valence-corrected chi connectivity index (χ1v) is 12.0. The standard InChI is InChI=1S/C26H27F3N2O3S/c1-14-6-7-21(24-30-12-22(35-24)17(4)33-5)19(8-14)13-31-16(3)23(34-25(31)32)18-9-15(2)10-20(11-18)26(27,28)29/h6-12,16-17,23H,13H2,1-5H3/t16-,17?,23-/m0/s1. The third-order valence-corrected chi connectivity index (χ3v) is 7.45. The van der Waals surface area contributed by atoms with Crippen molar-refractivity contribution in [2.45, 2.75) is 58.7 Å². The molecule has 2 heterocycles. The molecule has 35 heavy (non-hydrogen) atoms. The highest BCUT2D eigenvalue weighted by atomic mass is 32.1. The van der Waals surface area contributed by atoms with Crippen LogP contribution in [0.15, 0.2) is 42.6 Å². The summed E-state index contributed by atoms with van der Waals surface area (Å²) in [5.74, 6) is 0. The molecule has 4 rings (SSSR count). The molecule has 5 nitrogen and oxygen atoms in total. The second-order valence-corrected chi connectivity index (χ2v) is 9.97. The molecule has 1 unspecified atom stereocenters. The smallest absolute Gasteiger partial charge is 0.416 e. The van der Waals surface area contributed by atoms with Crippen molar-refractivity contribution in [3.8, 4) is 10.6 Å². The lowest BCUT2D eigenvalue weighted by Gasteiger charge is -2.23. The van der Waals surface area contributed by atoms with Crippen molar-refractivity contribution in [3.63, 3.8) is 0 Å². The average Bonchev–Trinajstić information content (AvgIpc) is 3.38. The molecule has 186 valence electrons. The van der Waals surface area contributed by atoms with E-state index < -0.39 is 30.0 Å². The van der Waals surface area contributed by atoms with Gasteiger partial charge in [0.2, 0.25) is 0 Å². The minimum Gasteiger partial charge on any atom is -0.439 e. The Kier molecular flexibility index (Phi) is 6.92. The highest BCUT2D eigenvalue weighted by Crippen LogP contribution is 2.39. The Labute approximate surface area is 206 Å². The lowest BCUT2D eigenvalue weighted by molar-refractivity contribution is -0.137. The van der Waals surface area contributed by atoms with Crippen molar-refractivity contribution in [1.29, 1.82) is 0 Å². The fourth-order valence-electron chi connectivity index (χ4n) is 4.26. The summed E-state index contributed by atoms with van der Waals surface area (Å²) in [6.45, 7) is 7.56. The van der Waals surface area contributed by atoms with Crippen molar-refractivity contribution in [2.75, 3.05) is 7.11 Å². The maximum absolute atomic E-state index is 13.4. The SMILES string of the molecule is COC(C)c1cnc(-c2ccc(C)cc2CN2C(=O)O[C@H](c3cc(C)cc(C(F)(F)F)c3)[C@@H]2C)s1.